The Labute approximate surface area is 152 Å². The highest BCUT2D eigenvalue weighted by Gasteiger charge is 2.48. The lowest BCUT2D eigenvalue weighted by Gasteiger charge is -2.38. The Morgan fingerprint density at radius 1 is 1.19 bits per heavy atom. The molecule has 1 aromatic heterocycles. The van der Waals surface area contributed by atoms with Crippen molar-refractivity contribution in [2.45, 2.75) is 24.7 Å². The van der Waals surface area contributed by atoms with Crippen LogP contribution in [0.2, 0.25) is 0 Å². The second-order valence-corrected chi connectivity index (χ2v) is 7.30. The van der Waals surface area contributed by atoms with Crippen molar-refractivity contribution in [3.8, 4) is 0 Å². The number of aromatic nitrogens is 1. The molecular formula is C20H22N4O2. The molecule has 0 unspecified atom stereocenters. The van der Waals surface area contributed by atoms with E-state index in [1.807, 2.05) is 18.2 Å². The van der Waals surface area contributed by atoms with Gasteiger partial charge in [0, 0.05) is 43.5 Å². The number of urea groups is 1. The zero-order chi connectivity index (χ0) is 18.3. The number of benzene rings is 1. The molecule has 134 valence electrons. The van der Waals surface area contributed by atoms with Crippen molar-refractivity contribution < 1.29 is 9.59 Å². The molecule has 2 aliphatic rings. The predicted molar refractivity (Wildman–Crippen MR) is 101 cm³/mol. The molecule has 1 aromatic carbocycles. The molecule has 0 radical (unpaired) electrons. The number of pyridine rings is 1. The maximum atomic E-state index is 12.9. The number of anilines is 2. The topological polar surface area (TPSA) is 65.5 Å². The third-order valence-electron chi connectivity index (χ3n) is 5.43. The normalized spacial score (nSPS) is 16.8. The van der Waals surface area contributed by atoms with Crippen molar-refractivity contribution in [2.75, 3.05) is 30.9 Å². The standard InChI is InChI=1S/C20H22N4O2/c1-23(2)18(25)14-8-11-21-17(12-14)22-19(26)24-13-20(9-5-10-20)15-6-3-4-7-16(15)24/h3-4,6-8,11-12H,5,9-10,13H2,1-2H3,(H,21,22,26). The van der Waals surface area contributed by atoms with Crippen LogP contribution in [0.5, 0.6) is 0 Å². The van der Waals surface area contributed by atoms with Gasteiger partial charge >= 0.3 is 6.03 Å². The summed E-state index contributed by atoms with van der Waals surface area (Å²) in [6.45, 7) is 0.703. The molecule has 3 amide bonds. The summed E-state index contributed by atoms with van der Waals surface area (Å²) in [5.41, 5.74) is 2.86. The highest BCUT2D eigenvalue weighted by Crippen LogP contribution is 2.52. The molecule has 1 saturated carbocycles. The maximum absolute atomic E-state index is 12.9. The smallest absolute Gasteiger partial charge is 0.327 e. The Morgan fingerprint density at radius 3 is 2.65 bits per heavy atom. The molecule has 2 heterocycles. The molecule has 6 heteroatoms. The number of fused-ring (bicyclic) bond motifs is 2. The van der Waals surface area contributed by atoms with Gasteiger partial charge in [0.15, 0.2) is 0 Å². The van der Waals surface area contributed by atoms with E-state index in [1.54, 1.807) is 31.1 Å². The van der Waals surface area contributed by atoms with Crippen molar-refractivity contribution in [2.24, 2.45) is 0 Å². The summed E-state index contributed by atoms with van der Waals surface area (Å²) in [5.74, 6) is 0.262. The van der Waals surface area contributed by atoms with E-state index in [1.165, 1.54) is 23.1 Å². The quantitative estimate of drug-likeness (QED) is 0.904. The third kappa shape index (κ3) is 2.62. The van der Waals surface area contributed by atoms with Gasteiger partial charge in [-0.3, -0.25) is 15.0 Å². The number of carbonyl (C=O) groups excluding carboxylic acids is 2. The van der Waals surface area contributed by atoms with Gasteiger partial charge in [-0.25, -0.2) is 9.78 Å². The van der Waals surface area contributed by atoms with Crippen molar-refractivity contribution in [1.29, 1.82) is 0 Å². The fourth-order valence-electron chi connectivity index (χ4n) is 3.91. The number of nitrogens with zero attached hydrogens (tertiary/aromatic N) is 3. The van der Waals surface area contributed by atoms with Crippen LogP contribution in [0.4, 0.5) is 16.3 Å². The van der Waals surface area contributed by atoms with Gasteiger partial charge in [0.25, 0.3) is 5.91 Å². The summed E-state index contributed by atoms with van der Waals surface area (Å²) in [7, 11) is 3.39. The van der Waals surface area contributed by atoms with Gasteiger partial charge in [-0.2, -0.15) is 0 Å². The molecule has 6 nitrogen and oxygen atoms in total. The summed E-state index contributed by atoms with van der Waals surface area (Å²) in [4.78, 5) is 32.5. The van der Waals surface area contributed by atoms with Crippen LogP contribution in [0.15, 0.2) is 42.6 Å². The Morgan fingerprint density at radius 2 is 1.96 bits per heavy atom. The Kier molecular flexibility index (Phi) is 3.90. The van der Waals surface area contributed by atoms with E-state index < -0.39 is 0 Å². The van der Waals surface area contributed by atoms with Gasteiger partial charge in [-0.1, -0.05) is 24.6 Å². The van der Waals surface area contributed by atoms with E-state index in [2.05, 4.69) is 16.4 Å². The van der Waals surface area contributed by atoms with Gasteiger partial charge < -0.3 is 4.90 Å². The highest BCUT2D eigenvalue weighted by molar-refractivity contribution is 6.04. The first-order valence-corrected chi connectivity index (χ1v) is 8.86. The van der Waals surface area contributed by atoms with Crippen LogP contribution >= 0.6 is 0 Å². The first kappa shape index (κ1) is 16.6. The molecule has 1 aliphatic heterocycles. The van der Waals surface area contributed by atoms with Gasteiger partial charge in [0.2, 0.25) is 0 Å². The zero-order valence-corrected chi connectivity index (χ0v) is 15.0. The number of rotatable bonds is 2. The molecular weight excluding hydrogens is 328 g/mol. The Hall–Kier alpha value is -2.89. The molecule has 1 aliphatic carbocycles. The summed E-state index contributed by atoms with van der Waals surface area (Å²) in [6.07, 6.45) is 5.00. The second-order valence-electron chi connectivity index (χ2n) is 7.30. The maximum Gasteiger partial charge on any atom is 0.327 e. The molecule has 1 N–H and O–H groups in total. The van der Waals surface area contributed by atoms with Crippen LogP contribution < -0.4 is 10.2 Å². The lowest BCUT2D eigenvalue weighted by atomic mass is 9.66. The van der Waals surface area contributed by atoms with Gasteiger partial charge in [0.05, 0.1) is 0 Å². The third-order valence-corrected chi connectivity index (χ3v) is 5.43. The van der Waals surface area contributed by atoms with Gasteiger partial charge in [-0.15, -0.1) is 0 Å². The van der Waals surface area contributed by atoms with E-state index in [9.17, 15) is 9.59 Å². The van der Waals surface area contributed by atoms with E-state index in [0.29, 0.717) is 17.9 Å². The first-order chi connectivity index (χ1) is 12.5. The lowest BCUT2D eigenvalue weighted by Crippen LogP contribution is -2.43. The monoisotopic (exact) mass is 350 g/mol. The van der Waals surface area contributed by atoms with E-state index in [-0.39, 0.29) is 17.4 Å². The van der Waals surface area contributed by atoms with Crippen molar-refractivity contribution in [1.82, 2.24) is 9.88 Å². The van der Waals surface area contributed by atoms with E-state index in [0.717, 1.165) is 18.5 Å². The van der Waals surface area contributed by atoms with Gasteiger partial charge in [-0.05, 0) is 36.6 Å². The van der Waals surface area contributed by atoms with Gasteiger partial charge in [0.1, 0.15) is 5.82 Å². The molecule has 2 aromatic rings. The van der Waals surface area contributed by atoms with Crippen LogP contribution in [-0.4, -0.2) is 42.5 Å². The van der Waals surface area contributed by atoms with Crippen LogP contribution in [0.25, 0.3) is 0 Å². The lowest BCUT2D eigenvalue weighted by molar-refractivity contribution is 0.0827. The minimum Gasteiger partial charge on any atom is -0.345 e. The van der Waals surface area contributed by atoms with Crippen LogP contribution in [0, 0.1) is 0 Å². The largest absolute Gasteiger partial charge is 0.345 e. The molecule has 1 fully saturated rings. The molecule has 0 atom stereocenters. The fourth-order valence-corrected chi connectivity index (χ4v) is 3.91. The van der Waals surface area contributed by atoms with E-state index in [4.69, 9.17) is 0 Å². The minimum absolute atomic E-state index is 0.115. The van der Waals surface area contributed by atoms with Crippen molar-refractivity contribution in [3.05, 3.63) is 53.7 Å². The second kappa shape index (κ2) is 6.12. The summed E-state index contributed by atoms with van der Waals surface area (Å²) < 4.78 is 0. The molecule has 1 spiro atoms. The van der Waals surface area contributed by atoms with Crippen molar-refractivity contribution >= 4 is 23.4 Å². The minimum atomic E-state index is -0.205. The molecule has 4 rings (SSSR count). The predicted octanol–water partition coefficient (Wildman–Crippen LogP) is 3.26. The number of hydrogen-bond acceptors (Lipinski definition) is 3. The number of para-hydroxylation sites is 1. The average molecular weight is 350 g/mol. The zero-order valence-electron chi connectivity index (χ0n) is 15.0. The van der Waals surface area contributed by atoms with Crippen LogP contribution in [0.1, 0.15) is 35.2 Å². The Bertz CT molecular complexity index is 874. The summed E-state index contributed by atoms with van der Waals surface area (Å²) in [6, 6.07) is 11.2. The molecule has 0 saturated heterocycles. The number of carbonyl (C=O) groups is 2. The van der Waals surface area contributed by atoms with Crippen LogP contribution in [0.3, 0.4) is 0 Å². The summed E-state index contributed by atoms with van der Waals surface area (Å²) in [5, 5.41) is 2.85. The van der Waals surface area contributed by atoms with Crippen LogP contribution in [-0.2, 0) is 5.41 Å². The highest BCUT2D eigenvalue weighted by atomic mass is 16.2. The molecule has 0 bridgehead atoms. The molecule has 26 heavy (non-hydrogen) atoms. The van der Waals surface area contributed by atoms with Crippen molar-refractivity contribution in [3.63, 3.8) is 0 Å². The van der Waals surface area contributed by atoms with E-state index >= 15 is 0 Å². The first-order valence-electron chi connectivity index (χ1n) is 8.86. The summed E-state index contributed by atoms with van der Waals surface area (Å²) >= 11 is 0. The fraction of sp³-hybridized carbons (Fsp3) is 0.350. The number of nitrogens with one attached hydrogen (secondary N) is 1. The average Bonchev–Trinajstić information content (AvgIpc) is 2.97. The number of amides is 3. The SMILES string of the molecule is CN(C)C(=O)c1ccnc(NC(=O)N2CC3(CCC3)c3ccccc32)c1. The number of hydrogen-bond donors (Lipinski definition) is 1. The Balaban J connectivity index is 1.56.